The van der Waals surface area contributed by atoms with Gasteiger partial charge < -0.3 is 9.64 Å². The van der Waals surface area contributed by atoms with Gasteiger partial charge in [0.1, 0.15) is 11.3 Å². The number of likely N-dealkylation sites (tertiary alicyclic amines) is 1. The average molecular weight is 496 g/mol. The number of fused-ring (bicyclic) bond motifs is 1. The second kappa shape index (κ2) is 9.24. The predicted molar refractivity (Wildman–Crippen MR) is 130 cm³/mol. The van der Waals surface area contributed by atoms with Gasteiger partial charge in [-0.15, -0.1) is 0 Å². The van der Waals surface area contributed by atoms with Crippen LogP contribution in [-0.2, 0) is 4.74 Å². The fourth-order valence-corrected chi connectivity index (χ4v) is 6.18. The third-order valence-corrected chi connectivity index (χ3v) is 7.92. The second-order valence-corrected chi connectivity index (χ2v) is 11.4. The van der Waals surface area contributed by atoms with Crippen molar-refractivity contribution in [1.29, 1.82) is 0 Å². The summed E-state index contributed by atoms with van der Waals surface area (Å²) in [6.45, 7) is 6.98. The Hall–Kier alpha value is -2.56. The van der Waals surface area contributed by atoms with Crippen LogP contribution in [0.4, 0.5) is 30.6 Å². The van der Waals surface area contributed by atoms with Gasteiger partial charge in [-0.2, -0.15) is 0 Å². The molecule has 34 heavy (non-hydrogen) atoms. The highest BCUT2D eigenvalue weighted by Crippen LogP contribution is 2.64. The lowest BCUT2D eigenvalue weighted by Crippen LogP contribution is -2.42. The third-order valence-electron chi connectivity index (χ3n) is 6.07. The first kappa shape index (κ1) is 24.6. The molecule has 0 saturated carbocycles. The quantitative estimate of drug-likeness (QED) is 0.502. The zero-order valence-corrected chi connectivity index (χ0v) is 20.4. The van der Waals surface area contributed by atoms with Crippen molar-refractivity contribution >= 4 is 34.1 Å². The van der Waals surface area contributed by atoms with E-state index in [9.17, 15) is 22.7 Å². The lowest BCUT2D eigenvalue weighted by Gasteiger charge is -2.44. The molecule has 1 fully saturated rings. The SMILES string of the molecule is CC(C)(C)OC(=O)N1CCC(CCN2c3ccccc3N(c3cccc(F)c3F)S2(O)O)CC1. The molecular formula is C24H31F2N3O4S. The van der Waals surface area contributed by atoms with E-state index in [1.807, 2.05) is 20.8 Å². The first-order chi connectivity index (χ1) is 16.0. The first-order valence-corrected chi connectivity index (χ1v) is 12.8. The number of para-hydroxylation sites is 2. The molecule has 1 saturated heterocycles. The molecule has 0 aliphatic carbocycles. The zero-order chi connectivity index (χ0) is 24.7. The summed E-state index contributed by atoms with van der Waals surface area (Å²) in [6.07, 6.45) is 1.89. The topological polar surface area (TPSA) is 76.5 Å². The molecule has 2 N–H and O–H groups in total. The minimum Gasteiger partial charge on any atom is -0.444 e. The number of carbonyl (C=O) groups is 1. The maximum Gasteiger partial charge on any atom is 0.410 e. The van der Waals surface area contributed by atoms with Gasteiger partial charge in [0, 0.05) is 19.6 Å². The number of rotatable bonds is 4. The van der Waals surface area contributed by atoms with Crippen molar-refractivity contribution < 1.29 is 27.4 Å². The van der Waals surface area contributed by atoms with Gasteiger partial charge >= 0.3 is 6.09 Å². The Morgan fingerprint density at radius 2 is 1.65 bits per heavy atom. The Kier molecular flexibility index (Phi) is 6.67. The van der Waals surface area contributed by atoms with Crippen LogP contribution in [0.5, 0.6) is 0 Å². The molecule has 4 rings (SSSR count). The van der Waals surface area contributed by atoms with Crippen LogP contribution in [0.25, 0.3) is 0 Å². The summed E-state index contributed by atoms with van der Waals surface area (Å²) in [5.41, 5.74) is 0.197. The van der Waals surface area contributed by atoms with Crippen LogP contribution in [0.3, 0.4) is 0 Å². The zero-order valence-electron chi connectivity index (χ0n) is 19.6. The molecule has 1 amide bonds. The number of benzene rings is 2. The molecule has 0 aromatic heterocycles. The van der Waals surface area contributed by atoms with Crippen LogP contribution in [0.15, 0.2) is 42.5 Å². The van der Waals surface area contributed by atoms with Crippen molar-refractivity contribution in [3.8, 4) is 0 Å². The largest absolute Gasteiger partial charge is 0.444 e. The van der Waals surface area contributed by atoms with Gasteiger partial charge in [0.15, 0.2) is 11.6 Å². The molecular weight excluding hydrogens is 464 g/mol. The lowest BCUT2D eigenvalue weighted by atomic mass is 9.93. The van der Waals surface area contributed by atoms with E-state index < -0.39 is 28.2 Å². The summed E-state index contributed by atoms with van der Waals surface area (Å²) in [6, 6.07) is 10.6. The van der Waals surface area contributed by atoms with Crippen molar-refractivity contribution in [2.75, 3.05) is 28.2 Å². The van der Waals surface area contributed by atoms with E-state index in [1.54, 1.807) is 29.2 Å². The van der Waals surface area contributed by atoms with Gasteiger partial charge in [-0.1, -0.05) is 18.2 Å². The summed E-state index contributed by atoms with van der Waals surface area (Å²) in [5.74, 6) is -1.91. The minimum absolute atomic E-state index is 0.222. The van der Waals surface area contributed by atoms with Crippen molar-refractivity contribution in [3.63, 3.8) is 0 Å². The van der Waals surface area contributed by atoms with E-state index >= 15 is 0 Å². The number of carbonyl (C=O) groups excluding carboxylic acids is 1. The third kappa shape index (κ3) is 4.80. The molecule has 0 unspecified atom stereocenters. The maximum atomic E-state index is 14.6. The molecule has 2 aromatic carbocycles. The fourth-order valence-electron chi connectivity index (χ4n) is 4.39. The Labute approximate surface area is 200 Å². The highest BCUT2D eigenvalue weighted by atomic mass is 32.3. The molecule has 2 aromatic rings. The minimum atomic E-state index is -3.65. The van der Waals surface area contributed by atoms with E-state index in [4.69, 9.17) is 4.74 Å². The molecule has 2 aliphatic rings. The van der Waals surface area contributed by atoms with Gasteiger partial charge in [-0.05, 0) is 81.2 Å². The molecule has 7 nitrogen and oxygen atoms in total. The van der Waals surface area contributed by atoms with Crippen LogP contribution in [0.2, 0.25) is 0 Å². The molecule has 0 atom stereocenters. The molecule has 2 heterocycles. The van der Waals surface area contributed by atoms with Crippen LogP contribution < -0.4 is 8.61 Å². The first-order valence-electron chi connectivity index (χ1n) is 11.4. The number of piperidine rings is 1. The van der Waals surface area contributed by atoms with Gasteiger partial charge in [-0.25, -0.2) is 17.9 Å². The molecule has 0 radical (unpaired) electrons. The number of nitrogens with zero attached hydrogens (tertiary/aromatic N) is 3. The standard InChI is InChI=1S/C24H31F2N3O4S/c1-24(2,3)33-23(30)27-14-11-17(12-15-27)13-16-28-19-8-4-5-9-20(19)29(34(28,31)32)21-10-6-7-18(25)22(21)26/h4-10,17,31-32H,11-16H2,1-3H3. The van der Waals surface area contributed by atoms with Crippen LogP contribution in [0.1, 0.15) is 40.0 Å². The molecule has 2 aliphatic heterocycles. The normalized spacial score (nSPS) is 19.2. The van der Waals surface area contributed by atoms with E-state index in [0.717, 1.165) is 23.2 Å². The number of amides is 1. The summed E-state index contributed by atoms with van der Waals surface area (Å²) in [7, 11) is -3.65. The monoisotopic (exact) mass is 495 g/mol. The highest BCUT2D eigenvalue weighted by Gasteiger charge is 2.43. The Morgan fingerprint density at radius 1 is 1.03 bits per heavy atom. The van der Waals surface area contributed by atoms with E-state index in [0.29, 0.717) is 37.4 Å². The smallest absolute Gasteiger partial charge is 0.410 e. The van der Waals surface area contributed by atoms with Gasteiger partial charge in [-0.3, -0.25) is 13.4 Å². The van der Waals surface area contributed by atoms with E-state index in [-0.39, 0.29) is 17.7 Å². The molecule has 186 valence electrons. The number of ether oxygens (including phenoxy) is 1. The van der Waals surface area contributed by atoms with Crippen LogP contribution in [0, 0.1) is 17.6 Å². The van der Waals surface area contributed by atoms with Crippen molar-refractivity contribution in [2.45, 2.75) is 45.6 Å². The highest BCUT2D eigenvalue weighted by molar-refractivity contribution is 8.27. The van der Waals surface area contributed by atoms with E-state index in [2.05, 4.69) is 0 Å². The Bertz CT molecular complexity index is 1050. The summed E-state index contributed by atoms with van der Waals surface area (Å²) < 4.78 is 58.9. The van der Waals surface area contributed by atoms with Gasteiger partial charge in [0.05, 0.1) is 11.4 Å². The summed E-state index contributed by atoms with van der Waals surface area (Å²) >= 11 is 0. The number of anilines is 3. The van der Waals surface area contributed by atoms with Gasteiger partial charge in [0.2, 0.25) is 0 Å². The van der Waals surface area contributed by atoms with E-state index in [1.165, 1.54) is 16.4 Å². The van der Waals surface area contributed by atoms with Crippen molar-refractivity contribution in [2.24, 2.45) is 5.92 Å². The average Bonchev–Trinajstić information content (AvgIpc) is 2.99. The van der Waals surface area contributed by atoms with Crippen molar-refractivity contribution in [3.05, 3.63) is 54.1 Å². The number of hydrogen-bond acceptors (Lipinski definition) is 6. The summed E-state index contributed by atoms with van der Waals surface area (Å²) in [5, 5.41) is 0. The molecule has 0 bridgehead atoms. The predicted octanol–water partition coefficient (Wildman–Crippen LogP) is 6.54. The number of hydrogen-bond donors (Lipinski definition) is 2. The second-order valence-electron chi connectivity index (χ2n) is 9.65. The van der Waals surface area contributed by atoms with Crippen molar-refractivity contribution in [1.82, 2.24) is 4.90 Å². The Balaban J connectivity index is 1.46. The molecule has 0 spiro atoms. The number of halogens is 2. The van der Waals surface area contributed by atoms with Crippen LogP contribution in [-0.4, -0.2) is 45.3 Å². The lowest BCUT2D eigenvalue weighted by molar-refractivity contribution is 0.0182. The fraction of sp³-hybridized carbons (Fsp3) is 0.458. The van der Waals surface area contributed by atoms with Gasteiger partial charge in [0.25, 0.3) is 0 Å². The molecule has 10 heteroatoms. The summed E-state index contributed by atoms with van der Waals surface area (Å²) in [4.78, 5) is 14.0. The van der Waals surface area contributed by atoms with Crippen LogP contribution >= 0.6 is 11.0 Å². The Morgan fingerprint density at radius 3 is 2.29 bits per heavy atom. The maximum absolute atomic E-state index is 14.6.